The Kier molecular flexibility index (Phi) is 4.75. The van der Waals surface area contributed by atoms with Gasteiger partial charge in [-0.1, -0.05) is 30.3 Å². The van der Waals surface area contributed by atoms with Gasteiger partial charge in [0.25, 0.3) is 0 Å². The molecule has 6 nitrogen and oxygen atoms in total. The summed E-state index contributed by atoms with van der Waals surface area (Å²) in [4.78, 5) is 24.1. The second-order valence-electron chi connectivity index (χ2n) is 7.82. The van der Waals surface area contributed by atoms with Crippen molar-refractivity contribution in [1.29, 1.82) is 0 Å². The van der Waals surface area contributed by atoms with Crippen molar-refractivity contribution in [1.82, 2.24) is 24.6 Å². The Labute approximate surface area is 175 Å². The number of hydrogen-bond donors (Lipinski definition) is 0. The van der Waals surface area contributed by atoms with Crippen LogP contribution in [-0.4, -0.2) is 37.1 Å². The fraction of sp³-hybridized carbons (Fsp3) is 0.250. The molecule has 1 amide bonds. The lowest BCUT2D eigenvalue weighted by Gasteiger charge is -2.28. The van der Waals surface area contributed by atoms with Gasteiger partial charge in [0, 0.05) is 67.6 Å². The van der Waals surface area contributed by atoms with Crippen LogP contribution in [-0.2, 0) is 31.2 Å². The van der Waals surface area contributed by atoms with Gasteiger partial charge in [0.05, 0.1) is 6.20 Å². The van der Waals surface area contributed by atoms with E-state index < -0.39 is 0 Å². The van der Waals surface area contributed by atoms with Crippen LogP contribution in [0.25, 0.3) is 22.2 Å². The van der Waals surface area contributed by atoms with Gasteiger partial charge >= 0.3 is 0 Å². The average molecular weight is 397 g/mol. The molecule has 0 radical (unpaired) electrons. The second-order valence-corrected chi connectivity index (χ2v) is 7.82. The molecule has 5 rings (SSSR count). The average Bonchev–Trinajstić information content (AvgIpc) is 3.22. The quantitative estimate of drug-likeness (QED) is 0.528. The molecule has 0 saturated heterocycles. The number of amides is 1. The van der Waals surface area contributed by atoms with Gasteiger partial charge in [-0.2, -0.15) is 5.10 Å². The molecular formula is C24H23N5O. The van der Waals surface area contributed by atoms with Gasteiger partial charge in [-0.05, 0) is 29.7 Å². The second kappa shape index (κ2) is 7.71. The van der Waals surface area contributed by atoms with Gasteiger partial charge in [-0.3, -0.25) is 9.48 Å². The smallest absolute Gasteiger partial charge is 0.223 e. The van der Waals surface area contributed by atoms with Gasteiger partial charge in [-0.15, -0.1) is 0 Å². The van der Waals surface area contributed by atoms with Crippen LogP contribution >= 0.6 is 0 Å². The van der Waals surface area contributed by atoms with Gasteiger partial charge in [0.15, 0.2) is 5.65 Å². The first-order valence-electron chi connectivity index (χ1n) is 10.2. The number of pyridine rings is 2. The van der Waals surface area contributed by atoms with Crippen molar-refractivity contribution >= 4 is 16.9 Å². The van der Waals surface area contributed by atoms with Crippen LogP contribution < -0.4 is 0 Å². The molecule has 1 aliphatic heterocycles. The Hall–Kier alpha value is -3.54. The van der Waals surface area contributed by atoms with Crippen molar-refractivity contribution in [3.8, 4) is 11.1 Å². The molecule has 4 heterocycles. The van der Waals surface area contributed by atoms with Crippen LogP contribution in [0.5, 0.6) is 0 Å². The fourth-order valence-corrected chi connectivity index (χ4v) is 4.02. The predicted molar refractivity (Wildman–Crippen MR) is 116 cm³/mol. The van der Waals surface area contributed by atoms with E-state index in [1.54, 1.807) is 4.68 Å². The number of carbonyl (C=O) groups is 1. The van der Waals surface area contributed by atoms with Crippen molar-refractivity contribution in [3.05, 3.63) is 77.9 Å². The van der Waals surface area contributed by atoms with Crippen LogP contribution in [0.3, 0.4) is 0 Å². The van der Waals surface area contributed by atoms with E-state index in [-0.39, 0.29) is 5.91 Å². The van der Waals surface area contributed by atoms with Crippen molar-refractivity contribution in [3.63, 3.8) is 0 Å². The highest BCUT2D eigenvalue weighted by atomic mass is 16.2. The Bertz CT molecular complexity index is 1210. The molecule has 0 bridgehead atoms. The first kappa shape index (κ1) is 18.5. The summed E-state index contributed by atoms with van der Waals surface area (Å²) in [5.74, 6) is 0.201. The fourth-order valence-electron chi connectivity index (χ4n) is 4.02. The molecule has 0 saturated carbocycles. The number of aryl methyl sites for hydroxylation is 2. The number of nitrogens with zero attached hydrogens (tertiary/aromatic N) is 5. The molecule has 0 N–H and O–H groups in total. The highest BCUT2D eigenvalue weighted by Crippen LogP contribution is 2.26. The normalized spacial score (nSPS) is 13.4. The third-order valence-corrected chi connectivity index (χ3v) is 5.68. The highest BCUT2D eigenvalue weighted by molar-refractivity contribution is 5.82. The number of fused-ring (bicyclic) bond motifs is 2. The standard InChI is InChI=1S/C24H23N5O/c1-28-15-21(14-26-28)19-11-18-12-20-16-29(10-9-22(20)27-24(18)25-13-19)23(30)8-7-17-5-3-2-4-6-17/h2-6,11-15H,7-10,16H2,1H3. The molecule has 3 aromatic heterocycles. The number of aromatic nitrogens is 4. The summed E-state index contributed by atoms with van der Waals surface area (Å²) >= 11 is 0. The van der Waals surface area contributed by atoms with Crippen molar-refractivity contribution in [2.75, 3.05) is 6.54 Å². The molecule has 0 unspecified atom stereocenters. The zero-order valence-electron chi connectivity index (χ0n) is 17.0. The molecule has 6 heteroatoms. The van der Waals surface area contributed by atoms with Crippen LogP contribution in [0.15, 0.2) is 61.1 Å². The molecule has 0 aliphatic carbocycles. The number of hydrogen-bond acceptors (Lipinski definition) is 4. The Morgan fingerprint density at radius 1 is 1.10 bits per heavy atom. The lowest BCUT2D eigenvalue weighted by molar-refractivity contribution is -0.132. The molecule has 0 spiro atoms. The number of carbonyl (C=O) groups excluding carboxylic acids is 1. The third-order valence-electron chi connectivity index (χ3n) is 5.68. The Morgan fingerprint density at radius 2 is 1.97 bits per heavy atom. The monoisotopic (exact) mass is 397 g/mol. The molecule has 0 fully saturated rings. The molecule has 1 aromatic carbocycles. The molecular weight excluding hydrogens is 374 g/mol. The van der Waals surface area contributed by atoms with Gasteiger partial charge in [0.1, 0.15) is 0 Å². The van der Waals surface area contributed by atoms with Crippen LogP contribution in [0.1, 0.15) is 23.2 Å². The lowest BCUT2D eigenvalue weighted by Crippen LogP contribution is -2.36. The van der Waals surface area contributed by atoms with E-state index in [0.29, 0.717) is 19.5 Å². The lowest BCUT2D eigenvalue weighted by atomic mass is 10.0. The van der Waals surface area contributed by atoms with Gasteiger partial charge in [0.2, 0.25) is 5.91 Å². The SMILES string of the molecule is Cn1cc(-c2cnc3nc4c(cc3c2)CN(C(=O)CCc2ccccc2)CC4)cn1. The van der Waals surface area contributed by atoms with Crippen LogP contribution in [0.2, 0.25) is 0 Å². The van der Waals surface area contributed by atoms with E-state index in [2.05, 4.69) is 34.3 Å². The maximum absolute atomic E-state index is 12.8. The maximum atomic E-state index is 12.8. The number of benzene rings is 1. The first-order valence-corrected chi connectivity index (χ1v) is 10.2. The van der Waals surface area contributed by atoms with E-state index in [9.17, 15) is 4.79 Å². The summed E-state index contributed by atoms with van der Waals surface area (Å²) in [5, 5.41) is 5.24. The van der Waals surface area contributed by atoms with E-state index in [1.165, 1.54) is 5.56 Å². The summed E-state index contributed by atoms with van der Waals surface area (Å²) in [6, 6.07) is 14.4. The summed E-state index contributed by atoms with van der Waals surface area (Å²) in [7, 11) is 1.90. The largest absolute Gasteiger partial charge is 0.338 e. The Balaban J connectivity index is 1.35. The summed E-state index contributed by atoms with van der Waals surface area (Å²) in [5.41, 5.74) is 6.17. The maximum Gasteiger partial charge on any atom is 0.223 e. The minimum Gasteiger partial charge on any atom is -0.338 e. The molecule has 1 aliphatic rings. The molecule has 4 aromatic rings. The van der Waals surface area contributed by atoms with E-state index in [0.717, 1.165) is 46.3 Å². The van der Waals surface area contributed by atoms with Crippen LogP contribution in [0, 0.1) is 0 Å². The third kappa shape index (κ3) is 3.68. The zero-order chi connectivity index (χ0) is 20.5. The topological polar surface area (TPSA) is 63.9 Å². The van der Waals surface area contributed by atoms with Gasteiger partial charge in [-0.25, -0.2) is 9.97 Å². The Morgan fingerprint density at radius 3 is 2.77 bits per heavy atom. The molecule has 0 atom stereocenters. The summed E-state index contributed by atoms with van der Waals surface area (Å²) < 4.78 is 1.78. The van der Waals surface area contributed by atoms with E-state index in [1.807, 2.05) is 48.7 Å². The zero-order valence-corrected chi connectivity index (χ0v) is 17.0. The summed E-state index contributed by atoms with van der Waals surface area (Å²) in [6.07, 6.45) is 7.74. The van der Waals surface area contributed by atoms with E-state index in [4.69, 9.17) is 4.98 Å². The number of rotatable bonds is 4. The van der Waals surface area contributed by atoms with Gasteiger partial charge < -0.3 is 4.90 Å². The molecule has 30 heavy (non-hydrogen) atoms. The summed E-state index contributed by atoms with van der Waals surface area (Å²) in [6.45, 7) is 1.33. The van der Waals surface area contributed by atoms with Crippen molar-refractivity contribution in [2.24, 2.45) is 7.05 Å². The minimum absolute atomic E-state index is 0.201. The minimum atomic E-state index is 0.201. The van der Waals surface area contributed by atoms with Crippen molar-refractivity contribution in [2.45, 2.75) is 25.8 Å². The van der Waals surface area contributed by atoms with Crippen molar-refractivity contribution < 1.29 is 4.79 Å². The van der Waals surface area contributed by atoms with E-state index >= 15 is 0 Å². The molecule has 150 valence electrons. The highest BCUT2D eigenvalue weighted by Gasteiger charge is 2.22. The predicted octanol–water partition coefficient (Wildman–Crippen LogP) is 3.55. The van der Waals surface area contributed by atoms with Crippen LogP contribution in [0.4, 0.5) is 0 Å². The first-order chi connectivity index (χ1) is 14.7.